The van der Waals surface area contributed by atoms with Gasteiger partial charge < -0.3 is 4.90 Å². The van der Waals surface area contributed by atoms with E-state index >= 15 is 0 Å². The lowest BCUT2D eigenvalue weighted by Crippen LogP contribution is -2.47. The van der Waals surface area contributed by atoms with Gasteiger partial charge in [-0.25, -0.2) is 5.01 Å². The van der Waals surface area contributed by atoms with E-state index in [0.717, 1.165) is 13.1 Å². The van der Waals surface area contributed by atoms with Gasteiger partial charge in [0.15, 0.2) is 0 Å². The number of nitrogens with zero attached hydrogens (tertiary/aromatic N) is 3. The number of piperidine rings is 1. The third kappa shape index (κ3) is 2.71. The van der Waals surface area contributed by atoms with Gasteiger partial charge in [-0.15, -0.1) is 0 Å². The summed E-state index contributed by atoms with van der Waals surface area (Å²) in [7, 11) is 1.61. The first-order valence-electron chi connectivity index (χ1n) is 6.60. The molecular weight excluding hydrogens is 230 g/mol. The van der Waals surface area contributed by atoms with Crippen molar-refractivity contribution in [3.05, 3.63) is 0 Å². The number of amides is 2. The quantitative estimate of drug-likeness (QED) is 0.700. The van der Waals surface area contributed by atoms with E-state index in [-0.39, 0.29) is 11.8 Å². The normalized spacial score (nSPS) is 29.3. The highest BCUT2D eigenvalue weighted by Gasteiger charge is 2.30. The molecule has 0 aromatic rings. The van der Waals surface area contributed by atoms with Gasteiger partial charge in [0.25, 0.3) is 5.91 Å². The first-order chi connectivity index (χ1) is 8.47. The van der Waals surface area contributed by atoms with Crippen LogP contribution in [0.15, 0.2) is 5.10 Å². The van der Waals surface area contributed by atoms with Gasteiger partial charge in [0, 0.05) is 33.0 Å². The van der Waals surface area contributed by atoms with Crippen molar-refractivity contribution in [3.63, 3.8) is 0 Å². The van der Waals surface area contributed by atoms with Gasteiger partial charge in [0.2, 0.25) is 5.91 Å². The highest BCUT2D eigenvalue weighted by atomic mass is 16.2. The van der Waals surface area contributed by atoms with Crippen LogP contribution >= 0.6 is 0 Å². The first kappa shape index (κ1) is 13.1. The van der Waals surface area contributed by atoms with Crippen LogP contribution in [0.5, 0.6) is 0 Å². The lowest BCUT2D eigenvalue weighted by molar-refractivity contribution is -0.131. The SMILES string of the molecule is CC1CC(C)CN(C(=O)C2=NN(C)C(=O)CC2)C1. The lowest BCUT2D eigenvalue weighted by atomic mass is 9.91. The second-order valence-corrected chi connectivity index (χ2v) is 5.62. The molecule has 0 aromatic heterocycles. The number of hydrazone groups is 1. The summed E-state index contributed by atoms with van der Waals surface area (Å²) in [5.41, 5.74) is 0.526. The van der Waals surface area contributed by atoms with Crippen molar-refractivity contribution in [2.24, 2.45) is 16.9 Å². The van der Waals surface area contributed by atoms with E-state index in [4.69, 9.17) is 0 Å². The van der Waals surface area contributed by atoms with Crippen LogP contribution in [0.3, 0.4) is 0 Å². The minimum absolute atomic E-state index is 0.00718. The summed E-state index contributed by atoms with van der Waals surface area (Å²) < 4.78 is 0. The van der Waals surface area contributed by atoms with E-state index in [2.05, 4.69) is 18.9 Å². The molecule has 0 spiro atoms. The van der Waals surface area contributed by atoms with E-state index in [1.165, 1.54) is 11.4 Å². The molecule has 2 rings (SSSR count). The molecule has 1 fully saturated rings. The molecule has 5 heteroatoms. The van der Waals surface area contributed by atoms with Crippen molar-refractivity contribution >= 4 is 17.5 Å². The number of carbonyl (C=O) groups is 2. The third-order valence-electron chi connectivity index (χ3n) is 3.61. The summed E-state index contributed by atoms with van der Waals surface area (Å²) in [6.45, 7) is 5.96. The molecule has 1 saturated heterocycles. The van der Waals surface area contributed by atoms with E-state index < -0.39 is 0 Å². The van der Waals surface area contributed by atoms with Gasteiger partial charge in [-0.05, 0) is 18.3 Å². The first-order valence-corrected chi connectivity index (χ1v) is 6.60. The fraction of sp³-hybridized carbons (Fsp3) is 0.769. The zero-order valence-electron chi connectivity index (χ0n) is 11.3. The van der Waals surface area contributed by atoms with Gasteiger partial charge in [-0.1, -0.05) is 13.8 Å². The number of carbonyl (C=O) groups excluding carboxylic acids is 2. The Hall–Kier alpha value is -1.39. The Kier molecular flexibility index (Phi) is 3.68. The van der Waals surface area contributed by atoms with Crippen LogP contribution in [-0.4, -0.2) is 47.6 Å². The van der Waals surface area contributed by atoms with Crippen LogP contribution in [0, 0.1) is 11.8 Å². The molecule has 0 radical (unpaired) electrons. The molecule has 2 heterocycles. The Morgan fingerprint density at radius 3 is 2.39 bits per heavy atom. The average Bonchev–Trinajstić information content (AvgIpc) is 2.30. The Bertz CT molecular complexity index is 382. The van der Waals surface area contributed by atoms with E-state index in [1.807, 2.05) is 4.90 Å². The average molecular weight is 251 g/mol. The molecular formula is C13H21N3O2. The number of hydrogen-bond donors (Lipinski definition) is 0. The third-order valence-corrected chi connectivity index (χ3v) is 3.61. The highest BCUT2D eigenvalue weighted by Crippen LogP contribution is 2.22. The van der Waals surface area contributed by atoms with Gasteiger partial charge in [0.1, 0.15) is 5.71 Å². The van der Waals surface area contributed by atoms with Gasteiger partial charge >= 0.3 is 0 Å². The Balaban J connectivity index is 2.07. The minimum Gasteiger partial charge on any atom is -0.337 e. The maximum Gasteiger partial charge on any atom is 0.270 e. The monoisotopic (exact) mass is 251 g/mol. The van der Waals surface area contributed by atoms with Gasteiger partial charge in [0.05, 0.1) is 0 Å². The zero-order valence-corrected chi connectivity index (χ0v) is 11.3. The molecule has 2 unspecified atom stereocenters. The van der Waals surface area contributed by atoms with Crippen molar-refractivity contribution in [1.82, 2.24) is 9.91 Å². The molecule has 5 nitrogen and oxygen atoms in total. The summed E-state index contributed by atoms with van der Waals surface area (Å²) in [6.07, 6.45) is 2.04. The molecule has 2 amide bonds. The Morgan fingerprint density at radius 1 is 1.22 bits per heavy atom. The molecule has 0 aliphatic carbocycles. The van der Waals surface area contributed by atoms with Crippen molar-refractivity contribution < 1.29 is 9.59 Å². The smallest absolute Gasteiger partial charge is 0.270 e. The number of rotatable bonds is 1. The van der Waals surface area contributed by atoms with Crippen molar-refractivity contribution in [2.45, 2.75) is 33.1 Å². The molecule has 0 aromatic carbocycles. The lowest BCUT2D eigenvalue weighted by Gasteiger charge is -2.35. The maximum absolute atomic E-state index is 12.4. The molecule has 100 valence electrons. The molecule has 0 bridgehead atoms. The number of likely N-dealkylation sites (tertiary alicyclic amines) is 1. The molecule has 0 saturated carbocycles. The van der Waals surface area contributed by atoms with Crippen LogP contribution in [0.2, 0.25) is 0 Å². The summed E-state index contributed by atoms with van der Waals surface area (Å²) >= 11 is 0. The largest absolute Gasteiger partial charge is 0.337 e. The van der Waals surface area contributed by atoms with Crippen LogP contribution < -0.4 is 0 Å². The van der Waals surface area contributed by atoms with E-state index in [1.54, 1.807) is 7.05 Å². The topological polar surface area (TPSA) is 53.0 Å². The standard InChI is InChI=1S/C13H21N3O2/c1-9-6-10(2)8-16(7-9)13(18)11-4-5-12(17)15(3)14-11/h9-10H,4-8H2,1-3H3. The number of hydrogen-bond acceptors (Lipinski definition) is 3. The van der Waals surface area contributed by atoms with Crippen LogP contribution in [0.25, 0.3) is 0 Å². The minimum atomic E-state index is -0.0214. The Morgan fingerprint density at radius 2 is 1.83 bits per heavy atom. The Labute approximate surface area is 108 Å². The molecule has 2 atom stereocenters. The van der Waals surface area contributed by atoms with E-state index in [9.17, 15) is 9.59 Å². The summed E-state index contributed by atoms with van der Waals surface area (Å²) in [6, 6.07) is 0. The van der Waals surface area contributed by atoms with Crippen LogP contribution in [-0.2, 0) is 9.59 Å². The summed E-state index contributed by atoms with van der Waals surface area (Å²) in [5.74, 6) is 1.07. The molecule has 2 aliphatic rings. The predicted molar refractivity (Wildman–Crippen MR) is 69.0 cm³/mol. The molecule has 0 N–H and O–H groups in total. The molecule has 2 aliphatic heterocycles. The van der Waals surface area contributed by atoms with Crippen molar-refractivity contribution in [3.8, 4) is 0 Å². The van der Waals surface area contributed by atoms with Crippen molar-refractivity contribution in [2.75, 3.05) is 20.1 Å². The van der Waals surface area contributed by atoms with Crippen molar-refractivity contribution in [1.29, 1.82) is 0 Å². The van der Waals surface area contributed by atoms with E-state index in [0.29, 0.717) is 30.4 Å². The fourth-order valence-electron chi connectivity index (χ4n) is 2.83. The van der Waals surface area contributed by atoms with Crippen LogP contribution in [0.1, 0.15) is 33.1 Å². The predicted octanol–water partition coefficient (Wildman–Crippen LogP) is 1.10. The summed E-state index contributed by atoms with van der Waals surface area (Å²) in [5, 5.41) is 5.38. The second-order valence-electron chi connectivity index (χ2n) is 5.62. The zero-order chi connectivity index (χ0) is 13.3. The second kappa shape index (κ2) is 5.08. The fourth-order valence-corrected chi connectivity index (χ4v) is 2.83. The highest BCUT2D eigenvalue weighted by molar-refractivity contribution is 6.39. The van der Waals surface area contributed by atoms with Crippen LogP contribution in [0.4, 0.5) is 0 Å². The summed E-state index contributed by atoms with van der Waals surface area (Å²) in [4.78, 5) is 25.6. The maximum atomic E-state index is 12.4. The van der Waals surface area contributed by atoms with Gasteiger partial charge in [-0.2, -0.15) is 5.10 Å². The van der Waals surface area contributed by atoms with Gasteiger partial charge in [-0.3, -0.25) is 9.59 Å². The molecule has 18 heavy (non-hydrogen) atoms.